The van der Waals surface area contributed by atoms with Crippen LogP contribution in [0.15, 0.2) is 18.2 Å². The second-order valence-electron chi connectivity index (χ2n) is 3.42. The highest BCUT2D eigenvalue weighted by Crippen LogP contribution is 2.21. The van der Waals surface area contributed by atoms with Crippen molar-refractivity contribution in [2.24, 2.45) is 0 Å². The summed E-state index contributed by atoms with van der Waals surface area (Å²) >= 11 is 0. The normalized spacial score (nSPS) is 10.2. The summed E-state index contributed by atoms with van der Waals surface area (Å²) in [5.74, 6) is -1.98. The van der Waals surface area contributed by atoms with Gasteiger partial charge in [0.05, 0.1) is 4.92 Å². The molecule has 0 aliphatic carbocycles. The van der Waals surface area contributed by atoms with Gasteiger partial charge in [-0.2, -0.15) is 9.37 Å². The Kier molecular flexibility index (Phi) is 3.06. The van der Waals surface area contributed by atoms with Crippen molar-refractivity contribution in [3.8, 4) is 0 Å². The molecular weight excluding hydrogens is 259 g/mol. The lowest BCUT2D eigenvalue weighted by Crippen LogP contribution is -2.14. The Morgan fingerprint density at radius 3 is 2.84 bits per heavy atom. The quantitative estimate of drug-likeness (QED) is 0.551. The first-order chi connectivity index (χ1) is 8.97. The number of aromatic nitrogens is 3. The van der Waals surface area contributed by atoms with Crippen LogP contribution in [0.2, 0.25) is 0 Å². The molecule has 2 rings (SSSR count). The summed E-state index contributed by atoms with van der Waals surface area (Å²) in [5.41, 5.74) is 4.53. The van der Waals surface area contributed by atoms with E-state index in [0.717, 1.165) is 12.1 Å². The van der Waals surface area contributed by atoms with Crippen LogP contribution in [0.25, 0.3) is 0 Å². The maximum Gasteiger partial charge on any atom is 0.306 e. The van der Waals surface area contributed by atoms with E-state index in [9.17, 15) is 19.3 Å². The van der Waals surface area contributed by atoms with Gasteiger partial charge in [-0.3, -0.25) is 20.0 Å². The van der Waals surface area contributed by atoms with Gasteiger partial charge in [-0.15, -0.1) is 5.10 Å². The van der Waals surface area contributed by atoms with Gasteiger partial charge in [0.25, 0.3) is 5.91 Å². The molecule has 1 aromatic carbocycles. The monoisotopic (exact) mass is 266 g/mol. The van der Waals surface area contributed by atoms with Gasteiger partial charge in [0.15, 0.2) is 0 Å². The molecule has 0 saturated heterocycles. The predicted molar refractivity (Wildman–Crippen MR) is 61.8 cm³/mol. The number of nitro groups is 1. The molecule has 0 unspecified atom stereocenters. The number of hydrogen-bond acceptors (Lipinski definition) is 6. The number of nitrogens with zero attached hydrogens (tertiary/aromatic N) is 3. The first kappa shape index (κ1) is 12.4. The fourth-order valence-corrected chi connectivity index (χ4v) is 1.30. The number of carbonyl (C=O) groups excluding carboxylic acids is 1. The molecule has 1 aromatic heterocycles. The molecule has 0 fully saturated rings. The Hall–Kier alpha value is -3.04. The molecule has 0 spiro atoms. The first-order valence-corrected chi connectivity index (χ1v) is 4.90. The molecule has 9 nitrogen and oxygen atoms in total. The Labute approximate surface area is 104 Å². The van der Waals surface area contributed by atoms with Crippen LogP contribution in [-0.2, 0) is 0 Å². The molecule has 98 valence electrons. The maximum absolute atomic E-state index is 13.1. The molecular formula is C9H7FN6O3. The van der Waals surface area contributed by atoms with E-state index in [2.05, 4.69) is 20.5 Å². The van der Waals surface area contributed by atoms with E-state index in [1.54, 1.807) is 0 Å². The molecule has 0 aliphatic rings. The van der Waals surface area contributed by atoms with Crippen LogP contribution in [0.4, 0.5) is 21.7 Å². The predicted octanol–water partition coefficient (Wildman–Crippen LogP) is 0.686. The van der Waals surface area contributed by atoms with E-state index in [0.29, 0.717) is 0 Å². The lowest BCUT2D eigenvalue weighted by Gasteiger charge is -2.02. The van der Waals surface area contributed by atoms with E-state index >= 15 is 0 Å². The van der Waals surface area contributed by atoms with Crippen molar-refractivity contribution in [2.45, 2.75) is 0 Å². The Balaban J connectivity index is 2.22. The highest BCUT2D eigenvalue weighted by Gasteiger charge is 2.17. The number of nitrogens with two attached hydrogens (primary N) is 1. The molecule has 19 heavy (non-hydrogen) atoms. The number of hydrogen-bond donors (Lipinski definition) is 3. The summed E-state index contributed by atoms with van der Waals surface area (Å²) < 4.78 is 13.1. The van der Waals surface area contributed by atoms with Crippen LogP contribution in [0, 0.1) is 15.9 Å². The fourth-order valence-electron chi connectivity index (χ4n) is 1.30. The van der Waals surface area contributed by atoms with Crippen molar-refractivity contribution in [2.75, 3.05) is 11.1 Å². The van der Waals surface area contributed by atoms with Crippen LogP contribution in [-0.4, -0.2) is 26.0 Å². The number of nitrogen functional groups attached to an aromatic ring is 1. The van der Waals surface area contributed by atoms with E-state index in [1.165, 1.54) is 6.07 Å². The number of anilines is 2. The first-order valence-electron chi connectivity index (χ1n) is 4.90. The molecule has 0 bridgehead atoms. The molecule has 1 amide bonds. The number of H-pyrrole nitrogens is 1. The van der Waals surface area contributed by atoms with Crippen LogP contribution >= 0.6 is 0 Å². The number of aromatic amines is 1. The van der Waals surface area contributed by atoms with Gasteiger partial charge < -0.3 is 11.1 Å². The molecule has 1 heterocycles. The number of nitrogens with one attached hydrogen (secondary N) is 2. The van der Waals surface area contributed by atoms with Crippen molar-refractivity contribution >= 4 is 23.2 Å². The lowest BCUT2D eigenvalue weighted by molar-refractivity contribution is -0.387. The summed E-state index contributed by atoms with van der Waals surface area (Å²) in [7, 11) is 0. The summed E-state index contributed by atoms with van der Waals surface area (Å²) in [6, 6.07) is 2.95. The van der Waals surface area contributed by atoms with E-state index in [4.69, 9.17) is 5.73 Å². The molecule has 0 saturated carbocycles. The molecule has 0 atom stereocenters. The standard InChI is InChI=1S/C9H7FN6O3/c10-5-2-1-4(3-6(5)16(18)19)12-8(17)7-13-9(11)15-14-7/h1-3H,(H,12,17)(H3,11,13,14,15). The number of carbonyl (C=O) groups is 1. The van der Waals surface area contributed by atoms with Gasteiger partial charge in [0, 0.05) is 11.8 Å². The molecule has 10 heteroatoms. The van der Waals surface area contributed by atoms with Crippen molar-refractivity contribution in [1.82, 2.24) is 15.2 Å². The largest absolute Gasteiger partial charge is 0.366 e. The van der Waals surface area contributed by atoms with Gasteiger partial charge >= 0.3 is 5.69 Å². The molecule has 2 aromatic rings. The third-order valence-electron chi connectivity index (χ3n) is 2.12. The number of amides is 1. The number of nitro benzene ring substituents is 1. The van der Waals surface area contributed by atoms with Crippen LogP contribution in [0.1, 0.15) is 10.6 Å². The summed E-state index contributed by atoms with van der Waals surface area (Å²) in [5, 5.41) is 18.6. The van der Waals surface area contributed by atoms with Crippen molar-refractivity contribution in [3.05, 3.63) is 40.0 Å². The smallest absolute Gasteiger partial charge is 0.306 e. The van der Waals surface area contributed by atoms with Crippen molar-refractivity contribution in [3.63, 3.8) is 0 Å². The average molecular weight is 266 g/mol. The highest BCUT2D eigenvalue weighted by molar-refractivity contribution is 6.01. The van der Waals surface area contributed by atoms with Gasteiger partial charge in [0.2, 0.25) is 17.6 Å². The number of benzene rings is 1. The number of rotatable bonds is 3. The van der Waals surface area contributed by atoms with Gasteiger partial charge in [-0.05, 0) is 12.1 Å². The zero-order valence-electron chi connectivity index (χ0n) is 9.25. The van der Waals surface area contributed by atoms with Crippen molar-refractivity contribution in [1.29, 1.82) is 0 Å². The minimum atomic E-state index is -0.994. The zero-order chi connectivity index (χ0) is 14.0. The van der Waals surface area contributed by atoms with Crippen molar-refractivity contribution < 1.29 is 14.1 Å². The van der Waals surface area contributed by atoms with Crippen LogP contribution in [0.5, 0.6) is 0 Å². The van der Waals surface area contributed by atoms with Gasteiger partial charge in [0.1, 0.15) is 0 Å². The van der Waals surface area contributed by atoms with E-state index < -0.39 is 22.3 Å². The minimum absolute atomic E-state index is 0.0491. The summed E-state index contributed by atoms with van der Waals surface area (Å²) in [6.45, 7) is 0. The average Bonchev–Trinajstić information content (AvgIpc) is 2.78. The molecule has 0 aliphatic heterocycles. The third kappa shape index (κ3) is 2.62. The maximum atomic E-state index is 13.1. The second kappa shape index (κ2) is 4.68. The third-order valence-corrected chi connectivity index (χ3v) is 2.12. The number of halogens is 1. The summed E-state index contributed by atoms with van der Waals surface area (Å²) in [6.07, 6.45) is 0. The topological polar surface area (TPSA) is 140 Å². The Morgan fingerprint density at radius 1 is 1.53 bits per heavy atom. The second-order valence-corrected chi connectivity index (χ2v) is 3.42. The fraction of sp³-hybridized carbons (Fsp3) is 0. The Morgan fingerprint density at radius 2 is 2.26 bits per heavy atom. The highest BCUT2D eigenvalue weighted by atomic mass is 19.1. The SMILES string of the molecule is Nc1n[nH]c(C(=O)Nc2ccc(F)c([N+](=O)[O-])c2)n1. The minimum Gasteiger partial charge on any atom is -0.366 e. The van der Waals surface area contributed by atoms with E-state index in [1.807, 2.05) is 0 Å². The Bertz CT molecular complexity index is 655. The van der Waals surface area contributed by atoms with Crippen LogP contribution < -0.4 is 11.1 Å². The summed E-state index contributed by atoms with van der Waals surface area (Å²) in [4.78, 5) is 24.9. The van der Waals surface area contributed by atoms with Crippen LogP contribution in [0.3, 0.4) is 0 Å². The zero-order valence-corrected chi connectivity index (χ0v) is 9.25. The van der Waals surface area contributed by atoms with Gasteiger partial charge in [-0.25, -0.2) is 0 Å². The molecule has 4 N–H and O–H groups in total. The lowest BCUT2D eigenvalue weighted by atomic mass is 10.2. The van der Waals surface area contributed by atoms with E-state index in [-0.39, 0.29) is 17.5 Å². The molecule has 0 radical (unpaired) electrons. The van der Waals surface area contributed by atoms with Gasteiger partial charge in [-0.1, -0.05) is 0 Å².